The molecule has 4 heteroatoms. The number of ether oxygens (including phenoxy) is 1. The first-order chi connectivity index (χ1) is 12.6. The Morgan fingerprint density at radius 3 is 2.46 bits per heavy atom. The fraction of sp³-hybridized carbons (Fsp3) is 0.409. The molecule has 0 bridgehead atoms. The van der Waals surface area contributed by atoms with E-state index in [2.05, 4.69) is 5.32 Å². The number of rotatable bonds is 6. The third-order valence-corrected chi connectivity index (χ3v) is 5.29. The minimum Gasteiger partial charge on any atom is -0.493 e. The third kappa shape index (κ3) is 4.06. The van der Waals surface area contributed by atoms with Crippen LogP contribution in [0.1, 0.15) is 54.9 Å². The lowest BCUT2D eigenvalue weighted by Crippen LogP contribution is -2.42. The Hall–Kier alpha value is -2.36. The van der Waals surface area contributed by atoms with Gasteiger partial charge >= 0.3 is 0 Å². The SMILES string of the molecule is CCOc1ccccc1C(=O)NCC1(c2ccc(F)cc2)CCCCC1. The number of carbonyl (C=O) groups is 1. The lowest BCUT2D eigenvalue weighted by atomic mass is 9.69. The van der Waals surface area contributed by atoms with E-state index >= 15 is 0 Å². The molecule has 3 nitrogen and oxygen atoms in total. The van der Waals surface area contributed by atoms with E-state index < -0.39 is 0 Å². The van der Waals surface area contributed by atoms with Crippen LogP contribution in [0.4, 0.5) is 4.39 Å². The van der Waals surface area contributed by atoms with Crippen LogP contribution in [-0.2, 0) is 5.41 Å². The molecule has 1 saturated carbocycles. The molecule has 2 aromatic rings. The van der Waals surface area contributed by atoms with Crippen LogP contribution in [0, 0.1) is 5.82 Å². The first kappa shape index (κ1) is 18.4. The normalized spacial score (nSPS) is 16.1. The molecule has 0 atom stereocenters. The van der Waals surface area contributed by atoms with Crippen molar-refractivity contribution in [2.24, 2.45) is 0 Å². The van der Waals surface area contributed by atoms with Crippen molar-refractivity contribution in [3.8, 4) is 5.75 Å². The van der Waals surface area contributed by atoms with Gasteiger partial charge in [-0.25, -0.2) is 4.39 Å². The Kier molecular flexibility index (Phi) is 5.92. The van der Waals surface area contributed by atoms with Gasteiger partial charge < -0.3 is 10.1 Å². The van der Waals surface area contributed by atoms with Crippen LogP contribution >= 0.6 is 0 Å². The minimum atomic E-state index is -0.227. The van der Waals surface area contributed by atoms with Crippen LogP contribution in [0.5, 0.6) is 5.75 Å². The van der Waals surface area contributed by atoms with Crippen LogP contribution in [0.15, 0.2) is 48.5 Å². The van der Waals surface area contributed by atoms with Crippen molar-refractivity contribution in [2.45, 2.75) is 44.4 Å². The molecule has 0 unspecified atom stereocenters. The largest absolute Gasteiger partial charge is 0.493 e. The topological polar surface area (TPSA) is 38.3 Å². The third-order valence-electron chi connectivity index (χ3n) is 5.29. The number of hydrogen-bond acceptors (Lipinski definition) is 2. The van der Waals surface area contributed by atoms with E-state index in [0.29, 0.717) is 24.5 Å². The molecule has 0 spiro atoms. The minimum absolute atomic E-state index is 0.123. The molecule has 1 aliphatic rings. The van der Waals surface area contributed by atoms with Crippen molar-refractivity contribution >= 4 is 5.91 Å². The molecule has 0 heterocycles. The molecule has 3 rings (SSSR count). The van der Waals surface area contributed by atoms with Gasteiger partial charge in [-0.1, -0.05) is 43.5 Å². The van der Waals surface area contributed by atoms with E-state index in [9.17, 15) is 9.18 Å². The van der Waals surface area contributed by atoms with Gasteiger partial charge in [-0.05, 0) is 49.6 Å². The summed E-state index contributed by atoms with van der Waals surface area (Å²) in [5.41, 5.74) is 1.54. The summed E-state index contributed by atoms with van der Waals surface area (Å²) in [6.45, 7) is 2.97. The summed E-state index contributed by atoms with van der Waals surface area (Å²) in [6, 6.07) is 14.1. The van der Waals surface area contributed by atoms with Gasteiger partial charge in [0.25, 0.3) is 5.91 Å². The molecular weight excluding hydrogens is 329 g/mol. The predicted octanol–water partition coefficient (Wildman–Crippen LogP) is 4.86. The van der Waals surface area contributed by atoms with E-state index in [0.717, 1.165) is 31.2 Å². The highest BCUT2D eigenvalue weighted by Gasteiger charge is 2.34. The van der Waals surface area contributed by atoms with Crippen LogP contribution in [0.3, 0.4) is 0 Å². The second kappa shape index (κ2) is 8.35. The zero-order chi connectivity index (χ0) is 18.4. The zero-order valence-corrected chi connectivity index (χ0v) is 15.3. The van der Waals surface area contributed by atoms with E-state index in [-0.39, 0.29) is 17.1 Å². The van der Waals surface area contributed by atoms with E-state index in [4.69, 9.17) is 4.74 Å². The van der Waals surface area contributed by atoms with Crippen molar-refractivity contribution < 1.29 is 13.9 Å². The van der Waals surface area contributed by atoms with Gasteiger partial charge in [0.1, 0.15) is 11.6 Å². The molecule has 1 aliphatic carbocycles. The van der Waals surface area contributed by atoms with Crippen molar-refractivity contribution in [1.29, 1.82) is 0 Å². The summed E-state index contributed by atoms with van der Waals surface area (Å²) >= 11 is 0. The highest BCUT2D eigenvalue weighted by atomic mass is 19.1. The van der Waals surface area contributed by atoms with E-state index in [1.807, 2.05) is 37.3 Å². The molecule has 0 radical (unpaired) electrons. The Labute approximate surface area is 154 Å². The van der Waals surface area contributed by atoms with Crippen molar-refractivity contribution in [2.75, 3.05) is 13.2 Å². The molecule has 0 aliphatic heterocycles. The molecule has 1 amide bonds. The van der Waals surface area contributed by atoms with Crippen molar-refractivity contribution in [3.05, 3.63) is 65.5 Å². The summed E-state index contributed by atoms with van der Waals surface area (Å²) in [6.07, 6.45) is 5.48. The second-order valence-corrected chi connectivity index (χ2v) is 6.96. The average molecular weight is 355 g/mol. The Balaban J connectivity index is 1.78. The molecule has 1 fully saturated rings. The van der Waals surface area contributed by atoms with Crippen LogP contribution in [-0.4, -0.2) is 19.1 Å². The molecule has 26 heavy (non-hydrogen) atoms. The van der Waals surface area contributed by atoms with Crippen LogP contribution in [0.25, 0.3) is 0 Å². The number of nitrogens with one attached hydrogen (secondary N) is 1. The Morgan fingerprint density at radius 2 is 1.77 bits per heavy atom. The lowest BCUT2D eigenvalue weighted by Gasteiger charge is -2.38. The van der Waals surface area contributed by atoms with Gasteiger partial charge in [-0.3, -0.25) is 4.79 Å². The number of para-hydroxylation sites is 1. The van der Waals surface area contributed by atoms with Gasteiger partial charge in [0.2, 0.25) is 0 Å². The highest BCUT2D eigenvalue weighted by molar-refractivity contribution is 5.97. The first-order valence-corrected chi connectivity index (χ1v) is 9.41. The molecule has 0 saturated heterocycles. The standard InChI is InChI=1S/C22H26FNO2/c1-2-26-20-9-5-4-8-19(20)21(25)24-16-22(14-6-3-7-15-22)17-10-12-18(23)13-11-17/h4-5,8-13H,2-3,6-7,14-16H2,1H3,(H,24,25). The summed E-state index contributed by atoms with van der Waals surface area (Å²) in [5.74, 6) is 0.252. The summed E-state index contributed by atoms with van der Waals surface area (Å²) in [7, 11) is 0. The molecular formula is C22H26FNO2. The first-order valence-electron chi connectivity index (χ1n) is 9.41. The summed E-state index contributed by atoms with van der Waals surface area (Å²) < 4.78 is 18.9. The number of amides is 1. The molecule has 1 N–H and O–H groups in total. The van der Waals surface area contributed by atoms with Gasteiger partial charge in [0, 0.05) is 12.0 Å². The fourth-order valence-corrected chi connectivity index (χ4v) is 3.88. The Bertz CT molecular complexity index is 736. The number of carbonyl (C=O) groups excluding carboxylic acids is 1. The molecule has 2 aromatic carbocycles. The maximum absolute atomic E-state index is 13.3. The smallest absolute Gasteiger partial charge is 0.255 e. The number of benzene rings is 2. The van der Waals surface area contributed by atoms with Crippen LogP contribution < -0.4 is 10.1 Å². The van der Waals surface area contributed by atoms with Gasteiger partial charge in [-0.2, -0.15) is 0 Å². The summed E-state index contributed by atoms with van der Waals surface area (Å²) in [5, 5.41) is 3.11. The quantitative estimate of drug-likeness (QED) is 0.804. The fourth-order valence-electron chi connectivity index (χ4n) is 3.88. The number of halogens is 1. The van der Waals surface area contributed by atoms with Gasteiger partial charge in [-0.15, -0.1) is 0 Å². The lowest BCUT2D eigenvalue weighted by molar-refractivity contribution is 0.0933. The average Bonchev–Trinajstić information content (AvgIpc) is 2.68. The monoisotopic (exact) mass is 355 g/mol. The Morgan fingerprint density at radius 1 is 1.08 bits per heavy atom. The van der Waals surface area contributed by atoms with E-state index in [1.165, 1.54) is 18.6 Å². The summed E-state index contributed by atoms with van der Waals surface area (Å²) in [4.78, 5) is 12.8. The second-order valence-electron chi connectivity index (χ2n) is 6.96. The van der Waals surface area contributed by atoms with Crippen LogP contribution in [0.2, 0.25) is 0 Å². The maximum atomic E-state index is 13.3. The van der Waals surface area contributed by atoms with Gasteiger partial charge in [0.15, 0.2) is 0 Å². The zero-order valence-electron chi connectivity index (χ0n) is 15.3. The highest BCUT2D eigenvalue weighted by Crippen LogP contribution is 2.39. The van der Waals surface area contributed by atoms with E-state index in [1.54, 1.807) is 6.07 Å². The number of hydrogen-bond donors (Lipinski definition) is 1. The van der Waals surface area contributed by atoms with Crippen molar-refractivity contribution in [1.82, 2.24) is 5.32 Å². The molecule has 138 valence electrons. The maximum Gasteiger partial charge on any atom is 0.255 e. The van der Waals surface area contributed by atoms with Crippen molar-refractivity contribution in [3.63, 3.8) is 0 Å². The predicted molar refractivity (Wildman–Crippen MR) is 101 cm³/mol. The molecule has 0 aromatic heterocycles. The van der Waals surface area contributed by atoms with Gasteiger partial charge in [0.05, 0.1) is 12.2 Å².